The average Bonchev–Trinajstić information content (AvgIpc) is 2.63. The van der Waals surface area contributed by atoms with Crippen LogP contribution in [0.5, 0.6) is 11.5 Å². The third-order valence-electron chi connectivity index (χ3n) is 6.89. The molecular weight excluding hydrogens is 344 g/mol. The lowest BCUT2D eigenvalue weighted by Gasteiger charge is -2.41. The monoisotopic (exact) mass is 384 g/mol. The number of aromatic hydroxyl groups is 1. The van der Waals surface area contributed by atoms with Crippen LogP contribution >= 0.6 is 0 Å². The zero-order valence-electron chi connectivity index (χ0n) is 18.7. The number of allylic oxidation sites excluding steroid dienone is 1. The van der Waals surface area contributed by atoms with E-state index in [1.165, 1.54) is 56.1 Å². The Morgan fingerprint density at radius 1 is 1.14 bits per heavy atom. The summed E-state index contributed by atoms with van der Waals surface area (Å²) in [6, 6.07) is 4.21. The molecule has 0 aromatic heterocycles. The summed E-state index contributed by atoms with van der Waals surface area (Å²) in [5.74, 6) is 2.40. The van der Waals surface area contributed by atoms with Crippen molar-refractivity contribution < 1.29 is 9.84 Å². The summed E-state index contributed by atoms with van der Waals surface area (Å²) in [5, 5.41) is 11.3. The molecule has 2 unspecified atom stereocenters. The highest BCUT2D eigenvalue weighted by atomic mass is 16.5. The van der Waals surface area contributed by atoms with Gasteiger partial charge >= 0.3 is 0 Å². The van der Waals surface area contributed by atoms with E-state index < -0.39 is 0 Å². The molecule has 1 heterocycles. The van der Waals surface area contributed by atoms with Gasteiger partial charge < -0.3 is 9.84 Å². The Hall–Kier alpha value is -1.44. The maximum Gasteiger partial charge on any atom is 0.131 e. The summed E-state index contributed by atoms with van der Waals surface area (Å²) in [7, 11) is 0. The minimum atomic E-state index is -0.263. The molecule has 2 heteroatoms. The van der Waals surface area contributed by atoms with Crippen LogP contribution in [0, 0.1) is 5.92 Å². The van der Waals surface area contributed by atoms with Gasteiger partial charge in [0.15, 0.2) is 0 Å². The number of fused-ring (bicyclic) bond motifs is 2. The fourth-order valence-corrected chi connectivity index (χ4v) is 5.12. The molecule has 1 aliphatic heterocycles. The van der Waals surface area contributed by atoms with E-state index >= 15 is 0 Å². The highest BCUT2D eigenvalue weighted by molar-refractivity contribution is 5.82. The SMILES string of the molecule is CCCCCCCCC(C)c1ccc2c(c1O)C1=C(CCC(C)C1)C(C)(C)O2. The van der Waals surface area contributed by atoms with Crippen molar-refractivity contribution in [1.29, 1.82) is 0 Å². The van der Waals surface area contributed by atoms with Crippen LogP contribution in [0.25, 0.3) is 5.57 Å². The Kier molecular flexibility index (Phi) is 6.78. The zero-order valence-corrected chi connectivity index (χ0v) is 18.7. The highest BCUT2D eigenvalue weighted by Crippen LogP contribution is 2.52. The molecule has 0 saturated carbocycles. The fourth-order valence-electron chi connectivity index (χ4n) is 5.12. The molecule has 0 fully saturated rings. The van der Waals surface area contributed by atoms with Crippen molar-refractivity contribution in [1.82, 2.24) is 0 Å². The molecular formula is C26H40O2. The number of ether oxygens (including phenoxy) is 1. The van der Waals surface area contributed by atoms with E-state index in [9.17, 15) is 5.11 Å². The number of phenolic OH excluding ortho intramolecular Hbond substituents is 1. The van der Waals surface area contributed by atoms with E-state index in [1.807, 2.05) is 0 Å². The van der Waals surface area contributed by atoms with Gasteiger partial charge in [0.25, 0.3) is 0 Å². The molecule has 2 nitrogen and oxygen atoms in total. The van der Waals surface area contributed by atoms with Gasteiger partial charge in [-0.05, 0) is 74.1 Å². The number of unbranched alkanes of at least 4 members (excludes halogenated alkanes) is 5. The van der Waals surface area contributed by atoms with Gasteiger partial charge in [0.2, 0.25) is 0 Å². The number of hydrogen-bond acceptors (Lipinski definition) is 2. The standard InChI is InChI=1S/C26H40O2/c1-6-7-8-9-10-11-12-19(3)20-14-16-23-24(25(20)27)21-17-18(2)13-15-22(21)26(4,5)28-23/h14,16,18-19,27H,6-13,15,17H2,1-5H3. The van der Waals surface area contributed by atoms with E-state index in [4.69, 9.17) is 4.74 Å². The first-order valence-corrected chi connectivity index (χ1v) is 11.6. The lowest BCUT2D eigenvalue weighted by Crippen LogP contribution is -2.36. The maximum absolute atomic E-state index is 11.3. The molecule has 1 aromatic carbocycles. The van der Waals surface area contributed by atoms with Gasteiger partial charge in [-0.1, -0.05) is 65.4 Å². The second-order valence-corrected chi connectivity index (χ2v) is 9.75. The van der Waals surface area contributed by atoms with Gasteiger partial charge in [-0.2, -0.15) is 0 Å². The van der Waals surface area contributed by atoms with Crippen LogP contribution in [0.4, 0.5) is 0 Å². The molecule has 1 aromatic rings. The highest BCUT2D eigenvalue weighted by Gasteiger charge is 2.39. The summed E-state index contributed by atoms with van der Waals surface area (Å²) < 4.78 is 6.36. The molecule has 1 N–H and O–H groups in total. The molecule has 0 saturated heterocycles. The van der Waals surface area contributed by atoms with Gasteiger partial charge in [0.1, 0.15) is 17.1 Å². The number of rotatable bonds is 8. The lowest BCUT2D eigenvalue weighted by molar-refractivity contribution is 0.135. The fraction of sp³-hybridized carbons (Fsp3) is 0.692. The number of benzene rings is 1. The van der Waals surface area contributed by atoms with Crippen LogP contribution in [0.1, 0.15) is 116 Å². The van der Waals surface area contributed by atoms with Crippen molar-refractivity contribution in [3.05, 3.63) is 28.8 Å². The van der Waals surface area contributed by atoms with Gasteiger partial charge in [0, 0.05) is 0 Å². The Morgan fingerprint density at radius 3 is 2.61 bits per heavy atom. The second-order valence-electron chi connectivity index (χ2n) is 9.75. The van der Waals surface area contributed by atoms with Crippen LogP contribution in [-0.4, -0.2) is 10.7 Å². The largest absolute Gasteiger partial charge is 0.507 e. The molecule has 0 spiro atoms. The first kappa shape index (κ1) is 21.3. The van der Waals surface area contributed by atoms with Crippen LogP contribution < -0.4 is 4.74 Å². The first-order valence-electron chi connectivity index (χ1n) is 11.6. The molecule has 28 heavy (non-hydrogen) atoms. The second kappa shape index (κ2) is 8.93. The average molecular weight is 385 g/mol. The summed E-state index contributed by atoms with van der Waals surface area (Å²) in [6.07, 6.45) is 12.4. The van der Waals surface area contributed by atoms with Crippen molar-refractivity contribution in [3.63, 3.8) is 0 Å². The minimum absolute atomic E-state index is 0.263. The molecule has 3 rings (SSSR count). The van der Waals surface area contributed by atoms with Crippen molar-refractivity contribution in [2.75, 3.05) is 0 Å². The van der Waals surface area contributed by atoms with E-state index in [0.29, 0.717) is 17.6 Å². The van der Waals surface area contributed by atoms with Crippen molar-refractivity contribution in [2.45, 2.75) is 110 Å². The van der Waals surface area contributed by atoms with Crippen molar-refractivity contribution in [3.8, 4) is 11.5 Å². The topological polar surface area (TPSA) is 29.5 Å². The van der Waals surface area contributed by atoms with E-state index in [0.717, 1.165) is 36.1 Å². The van der Waals surface area contributed by atoms with Crippen LogP contribution in [0.15, 0.2) is 17.7 Å². The van der Waals surface area contributed by atoms with Crippen LogP contribution in [-0.2, 0) is 0 Å². The molecule has 0 amide bonds. The summed E-state index contributed by atoms with van der Waals surface area (Å²) in [6.45, 7) is 11.2. The molecule has 0 bridgehead atoms. The van der Waals surface area contributed by atoms with E-state index in [-0.39, 0.29) is 5.60 Å². The Morgan fingerprint density at radius 2 is 1.86 bits per heavy atom. The molecule has 156 valence electrons. The predicted octanol–water partition coefficient (Wildman–Crippen LogP) is 7.99. The Balaban J connectivity index is 1.79. The molecule has 2 aliphatic rings. The Bertz CT molecular complexity index is 713. The lowest BCUT2D eigenvalue weighted by atomic mass is 9.74. The molecule has 1 aliphatic carbocycles. The van der Waals surface area contributed by atoms with Crippen molar-refractivity contribution >= 4 is 5.57 Å². The smallest absolute Gasteiger partial charge is 0.131 e. The zero-order chi connectivity index (χ0) is 20.3. The number of hydrogen-bond donors (Lipinski definition) is 1. The summed E-state index contributed by atoms with van der Waals surface area (Å²) >= 11 is 0. The quantitative estimate of drug-likeness (QED) is 0.460. The number of phenols is 1. The third kappa shape index (κ3) is 4.42. The first-order chi connectivity index (χ1) is 13.3. The third-order valence-corrected chi connectivity index (χ3v) is 6.89. The van der Waals surface area contributed by atoms with Gasteiger partial charge in [-0.3, -0.25) is 0 Å². The molecule has 2 atom stereocenters. The summed E-state index contributed by atoms with van der Waals surface area (Å²) in [5.41, 5.74) is 4.58. The predicted molar refractivity (Wildman–Crippen MR) is 119 cm³/mol. The van der Waals surface area contributed by atoms with Gasteiger partial charge in [0.05, 0.1) is 5.56 Å². The normalized spacial score (nSPS) is 21.7. The van der Waals surface area contributed by atoms with E-state index in [1.54, 1.807) is 0 Å². The minimum Gasteiger partial charge on any atom is -0.507 e. The van der Waals surface area contributed by atoms with Crippen LogP contribution in [0.2, 0.25) is 0 Å². The van der Waals surface area contributed by atoms with Gasteiger partial charge in [-0.15, -0.1) is 0 Å². The van der Waals surface area contributed by atoms with Crippen LogP contribution in [0.3, 0.4) is 0 Å². The Labute approximate surface area is 172 Å². The van der Waals surface area contributed by atoms with E-state index in [2.05, 4.69) is 46.8 Å². The maximum atomic E-state index is 11.3. The van der Waals surface area contributed by atoms with Gasteiger partial charge in [-0.25, -0.2) is 0 Å². The van der Waals surface area contributed by atoms with Crippen molar-refractivity contribution in [2.24, 2.45) is 5.92 Å². The summed E-state index contributed by atoms with van der Waals surface area (Å²) in [4.78, 5) is 0. The molecule has 0 radical (unpaired) electrons.